The van der Waals surface area contributed by atoms with Gasteiger partial charge in [0.15, 0.2) is 11.5 Å². The van der Waals surface area contributed by atoms with E-state index in [1.807, 2.05) is 12.1 Å². The van der Waals surface area contributed by atoms with Gasteiger partial charge in [0.05, 0.1) is 0 Å². The predicted octanol–water partition coefficient (Wildman–Crippen LogP) is 1.79. The van der Waals surface area contributed by atoms with Crippen molar-refractivity contribution >= 4 is 0 Å². The van der Waals surface area contributed by atoms with Crippen molar-refractivity contribution < 1.29 is 14.2 Å². The molecule has 1 atom stereocenters. The largest absolute Gasteiger partial charge is 0.454 e. The number of benzene rings is 1. The molecular formula is C13H19NO3. The number of hydrogen-bond donors (Lipinski definition) is 1. The van der Waals surface area contributed by atoms with Crippen molar-refractivity contribution in [1.29, 1.82) is 0 Å². The number of methoxy groups -OCH3 is 1. The van der Waals surface area contributed by atoms with Crippen LogP contribution in [0.15, 0.2) is 18.2 Å². The summed E-state index contributed by atoms with van der Waals surface area (Å²) >= 11 is 0. The highest BCUT2D eigenvalue weighted by Gasteiger charge is 2.12. The maximum absolute atomic E-state index is 5.34. The summed E-state index contributed by atoms with van der Waals surface area (Å²) in [6, 6.07) is 6.04. The first-order valence-corrected chi connectivity index (χ1v) is 5.88. The molecule has 17 heavy (non-hydrogen) atoms. The summed E-state index contributed by atoms with van der Waals surface area (Å²) < 4.78 is 15.7. The van der Waals surface area contributed by atoms with E-state index in [2.05, 4.69) is 18.3 Å². The molecule has 0 amide bonds. The Balaban J connectivity index is 1.79. The van der Waals surface area contributed by atoms with Gasteiger partial charge in [0.2, 0.25) is 6.79 Å². The van der Waals surface area contributed by atoms with Crippen molar-refractivity contribution in [2.75, 3.05) is 27.1 Å². The predicted molar refractivity (Wildman–Crippen MR) is 65.3 cm³/mol. The van der Waals surface area contributed by atoms with Crippen LogP contribution in [-0.4, -0.2) is 27.1 Å². The summed E-state index contributed by atoms with van der Waals surface area (Å²) in [7, 11) is 1.73. The van der Waals surface area contributed by atoms with E-state index >= 15 is 0 Å². The summed E-state index contributed by atoms with van der Waals surface area (Å²) in [6.45, 7) is 5.06. The molecule has 1 aliphatic heterocycles. The maximum Gasteiger partial charge on any atom is 0.231 e. The highest BCUT2D eigenvalue weighted by molar-refractivity contribution is 5.44. The van der Waals surface area contributed by atoms with Crippen molar-refractivity contribution in [3.05, 3.63) is 23.8 Å². The number of rotatable bonds is 6. The van der Waals surface area contributed by atoms with E-state index in [-0.39, 0.29) is 0 Å². The lowest BCUT2D eigenvalue weighted by Crippen LogP contribution is -2.23. The van der Waals surface area contributed by atoms with Crippen LogP contribution in [0.2, 0.25) is 0 Å². The van der Waals surface area contributed by atoms with Crippen molar-refractivity contribution in [3.63, 3.8) is 0 Å². The van der Waals surface area contributed by atoms with E-state index in [0.29, 0.717) is 12.7 Å². The molecule has 4 nitrogen and oxygen atoms in total. The van der Waals surface area contributed by atoms with E-state index in [1.165, 1.54) is 5.56 Å². The van der Waals surface area contributed by atoms with Gasteiger partial charge in [0, 0.05) is 26.8 Å². The standard InChI is InChI=1S/C13H19NO3/c1-10(8-15-2)6-14-7-11-3-4-12-13(5-11)17-9-16-12/h3-5,10,14H,6-9H2,1-2H3. The molecule has 2 rings (SSSR count). The smallest absolute Gasteiger partial charge is 0.231 e. The summed E-state index contributed by atoms with van der Waals surface area (Å²) in [6.07, 6.45) is 0. The molecular weight excluding hydrogens is 218 g/mol. The monoisotopic (exact) mass is 237 g/mol. The van der Waals surface area contributed by atoms with E-state index in [1.54, 1.807) is 7.11 Å². The Kier molecular flexibility index (Phi) is 4.23. The maximum atomic E-state index is 5.34. The average Bonchev–Trinajstić information content (AvgIpc) is 2.76. The van der Waals surface area contributed by atoms with Crippen LogP contribution in [0.4, 0.5) is 0 Å². The fraction of sp³-hybridized carbons (Fsp3) is 0.538. The fourth-order valence-electron chi connectivity index (χ4n) is 1.86. The normalized spacial score (nSPS) is 14.9. The van der Waals surface area contributed by atoms with Gasteiger partial charge in [0.25, 0.3) is 0 Å². The zero-order valence-corrected chi connectivity index (χ0v) is 10.4. The number of nitrogens with one attached hydrogen (secondary N) is 1. The van der Waals surface area contributed by atoms with Gasteiger partial charge in [-0.25, -0.2) is 0 Å². The SMILES string of the molecule is COCC(C)CNCc1ccc2c(c1)OCO2. The second-order valence-electron chi connectivity index (χ2n) is 4.38. The van der Waals surface area contributed by atoms with Crippen LogP contribution in [0.1, 0.15) is 12.5 Å². The Hall–Kier alpha value is -1.26. The van der Waals surface area contributed by atoms with E-state index < -0.39 is 0 Å². The Bertz CT molecular complexity index is 368. The lowest BCUT2D eigenvalue weighted by molar-refractivity contribution is 0.158. The molecule has 0 spiro atoms. The van der Waals surface area contributed by atoms with Gasteiger partial charge in [-0.2, -0.15) is 0 Å². The third-order valence-corrected chi connectivity index (χ3v) is 2.71. The third kappa shape index (κ3) is 3.35. The average molecular weight is 237 g/mol. The molecule has 0 saturated carbocycles. The van der Waals surface area contributed by atoms with Crippen LogP contribution >= 0.6 is 0 Å². The Morgan fingerprint density at radius 2 is 2.18 bits per heavy atom. The first kappa shape index (κ1) is 12.2. The minimum absolute atomic E-state index is 0.330. The van der Waals surface area contributed by atoms with Gasteiger partial charge < -0.3 is 19.5 Å². The van der Waals surface area contributed by atoms with Gasteiger partial charge >= 0.3 is 0 Å². The first-order chi connectivity index (χ1) is 8.29. The van der Waals surface area contributed by atoms with E-state index in [9.17, 15) is 0 Å². The first-order valence-electron chi connectivity index (χ1n) is 5.88. The van der Waals surface area contributed by atoms with Crippen LogP contribution in [-0.2, 0) is 11.3 Å². The lowest BCUT2D eigenvalue weighted by Gasteiger charge is -2.11. The van der Waals surface area contributed by atoms with Crippen molar-refractivity contribution in [3.8, 4) is 11.5 Å². The van der Waals surface area contributed by atoms with Crippen LogP contribution in [0.25, 0.3) is 0 Å². The molecule has 0 aliphatic carbocycles. The molecule has 1 aromatic rings. The second kappa shape index (κ2) is 5.89. The molecule has 0 fully saturated rings. The zero-order chi connectivity index (χ0) is 12.1. The highest BCUT2D eigenvalue weighted by Crippen LogP contribution is 2.32. The summed E-state index contributed by atoms with van der Waals surface area (Å²) in [5.41, 5.74) is 1.21. The Morgan fingerprint density at radius 3 is 3.00 bits per heavy atom. The topological polar surface area (TPSA) is 39.7 Å². The van der Waals surface area contributed by atoms with Gasteiger partial charge in [-0.1, -0.05) is 13.0 Å². The van der Waals surface area contributed by atoms with E-state index in [0.717, 1.165) is 31.2 Å². The van der Waals surface area contributed by atoms with Gasteiger partial charge in [-0.05, 0) is 23.6 Å². The number of fused-ring (bicyclic) bond motifs is 1. The third-order valence-electron chi connectivity index (χ3n) is 2.71. The molecule has 0 bridgehead atoms. The minimum Gasteiger partial charge on any atom is -0.454 e. The fourth-order valence-corrected chi connectivity index (χ4v) is 1.86. The molecule has 1 unspecified atom stereocenters. The van der Waals surface area contributed by atoms with Crippen LogP contribution in [0, 0.1) is 5.92 Å². The Morgan fingerprint density at radius 1 is 1.35 bits per heavy atom. The summed E-state index contributed by atoms with van der Waals surface area (Å²) in [5, 5.41) is 3.40. The summed E-state index contributed by atoms with van der Waals surface area (Å²) in [5.74, 6) is 2.20. The second-order valence-corrected chi connectivity index (χ2v) is 4.38. The zero-order valence-electron chi connectivity index (χ0n) is 10.4. The van der Waals surface area contributed by atoms with Crippen molar-refractivity contribution in [2.24, 2.45) is 5.92 Å². The Labute approximate surface area is 102 Å². The molecule has 94 valence electrons. The molecule has 1 N–H and O–H groups in total. The highest BCUT2D eigenvalue weighted by atomic mass is 16.7. The lowest BCUT2D eigenvalue weighted by atomic mass is 10.1. The minimum atomic E-state index is 0.330. The number of ether oxygens (including phenoxy) is 3. The molecule has 1 aromatic carbocycles. The molecule has 1 aliphatic rings. The van der Waals surface area contributed by atoms with Gasteiger partial charge in [-0.3, -0.25) is 0 Å². The van der Waals surface area contributed by atoms with Crippen LogP contribution in [0.5, 0.6) is 11.5 Å². The van der Waals surface area contributed by atoms with E-state index in [4.69, 9.17) is 14.2 Å². The van der Waals surface area contributed by atoms with Gasteiger partial charge in [-0.15, -0.1) is 0 Å². The molecule has 1 heterocycles. The number of hydrogen-bond acceptors (Lipinski definition) is 4. The van der Waals surface area contributed by atoms with Crippen LogP contribution < -0.4 is 14.8 Å². The molecule has 0 aromatic heterocycles. The molecule has 0 saturated heterocycles. The molecule has 4 heteroatoms. The molecule has 0 radical (unpaired) electrons. The van der Waals surface area contributed by atoms with Crippen molar-refractivity contribution in [2.45, 2.75) is 13.5 Å². The van der Waals surface area contributed by atoms with Crippen LogP contribution in [0.3, 0.4) is 0 Å². The quantitative estimate of drug-likeness (QED) is 0.818. The van der Waals surface area contributed by atoms with Gasteiger partial charge in [0.1, 0.15) is 0 Å². The summed E-state index contributed by atoms with van der Waals surface area (Å²) in [4.78, 5) is 0. The van der Waals surface area contributed by atoms with Crippen molar-refractivity contribution in [1.82, 2.24) is 5.32 Å².